The first kappa shape index (κ1) is 18.2. The highest BCUT2D eigenvalue weighted by atomic mass is 16.5. The summed E-state index contributed by atoms with van der Waals surface area (Å²) in [6.45, 7) is -0.117. The van der Waals surface area contributed by atoms with Crippen LogP contribution in [0.3, 0.4) is 0 Å². The fourth-order valence-corrected chi connectivity index (χ4v) is 2.82. The molecule has 3 aromatic rings. The first-order valence-corrected chi connectivity index (χ1v) is 8.24. The van der Waals surface area contributed by atoms with Gasteiger partial charge in [-0.1, -0.05) is 24.3 Å². The van der Waals surface area contributed by atoms with E-state index < -0.39 is 23.9 Å². The van der Waals surface area contributed by atoms with E-state index in [0.717, 1.165) is 11.3 Å². The molecular formula is C20H18N2O5. The number of fused-ring (bicyclic) bond motifs is 1. The highest BCUT2D eigenvalue weighted by Gasteiger charge is 2.16. The Hall–Kier alpha value is -3.61. The fourth-order valence-electron chi connectivity index (χ4n) is 2.82. The standard InChI is InChI=1S/C20H18N2O5/c1-27-14-8-6-13(7-9-14)11-22-12-16(20(26)21-10-18(23)24)19(25)15-4-2-3-5-17(15)22/h2-9,12H,10-11H2,1H3,(H,21,26)(H,23,24). The van der Waals surface area contributed by atoms with Crippen LogP contribution >= 0.6 is 0 Å². The van der Waals surface area contributed by atoms with E-state index in [4.69, 9.17) is 9.84 Å². The largest absolute Gasteiger partial charge is 0.497 e. The number of hydrogen-bond acceptors (Lipinski definition) is 4. The van der Waals surface area contributed by atoms with Gasteiger partial charge < -0.3 is 19.7 Å². The van der Waals surface area contributed by atoms with Crippen molar-refractivity contribution < 1.29 is 19.4 Å². The van der Waals surface area contributed by atoms with Crippen LogP contribution in [-0.2, 0) is 11.3 Å². The Morgan fingerprint density at radius 1 is 1.11 bits per heavy atom. The van der Waals surface area contributed by atoms with Gasteiger partial charge in [0, 0.05) is 18.1 Å². The van der Waals surface area contributed by atoms with E-state index in [-0.39, 0.29) is 5.56 Å². The average molecular weight is 366 g/mol. The number of hydrogen-bond donors (Lipinski definition) is 2. The summed E-state index contributed by atoms with van der Waals surface area (Å²) < 4.78 is 6.95. The molecule has 0 atom stereocenters. The first-order valence-electron chi connectivity index (χ1n) is 8.24. The number of amides is 1. The molecule has 0 aliphatic rings. The van der Waals surface area contributed by atoms with Crippen LogP contribution in [0.25, 0.3) is 10.9 Å². The van der Waals surface area contributed by atoms with Crippen molar-refractivity contribution >= 4 is 22.8 Å². The van der Waals surface area contributed by atoms with E-state index in [1.165, 1.54) is 6.20 Å². The van der Waals surface area contributed by atoms with Crippen LogP contribution in [0.1, 0.15) is 15.9 Å². The quantitative estimate of drug-likeness (QED) is 0.694. The molecule has 138 valence electrons. The number of ether oxygens (including phenoxy) is 1. The van der Waals surface area contributed by atoms with Gasteiger partial charge in [0.15, 0.2) is 0 Å². The summed E-state index contributed by atoms with van der Waals surface area (Å²) in [5.41, 5.74) is 1.12. The Balaban J connectivity index is 2.04. The van der Waals surface area contributed by atoms with E-state index in [2.05, 4.69) is 5.32 Å². The molecule has 1 heterocycles. The van der Waals surface area contributed by atoms with Crippen LogP contribution in [0.2, 0.25) is 0 Å². The Labute approximate surface area is 154 Å². The number of methoxy groups -OCH3 is 1. The number of aromatic nitrogens is 1. The lowest BCUT2D eigenvalue weighted by Crippen LogP contribution is -2.33. The molecule has 1 amide bonds. The summed E-state index contributed by atoms with van der Waals surface area (Å²) in [6, 6.07) is 14.5. The lowest BCUT2D eigenvalue weighted by Gasteiger charge is -2.14. The molecule has 7 heteroatoms. The minimum absolute atomic E-state index is 0.0940. The number of pyridine rings is 1. The first-order chi connectivity index (χ1) is 13.0. The molecule has 2 N–H and O–H groups in total. The van der Waals surface area contributed by atoms with Gasteiger partial charge in [-0.15, -0.1) is 0 Å². The van der Waals surface area contributed by atoms with Crippen LogP contribution in [0.15, 0.2) is 59.5 Å². The summed E-state index contributed by atoms with van der Waals surface area (Å²) >= 11 is 0. The minimum atomic E-state index is -1.18. The topological polar surface area (TPSA) is 97.6 Å². The lowest BCUT2D eigenvalue weighted by atomic mass is 10.1. The molecular weight excluding hydrogens is 348 g/mol. The number of aliphatic carboxylic acids is 1. The van der Waals surface area contributed by atoms with Gasteiger partial charge in [0.25, 0.3) is 5.91 Å². The maximum Gasteiger partial charge on any atom is 0.322 e. The smallest absolute Gasteiger partial charge is 0.322 e. The maximum absolute atomic E-state index is 12.7. The van der Waals surface area contributed by atoms with E-state index in [1.54, 1.807) is 29.9 Å². The van der Waals surface area contributed by atoms with E-state index in [9.17, 15) is 14.4 Å². The summed E-state index contributed by atoms with van der Waals surface area (Å²) in [4.78, 5) is 35.6. The second-order valence-corrected chi connectivity index (χ2v) is 5.94. The Morgan fingerprint density at radius 3 is 2.48 bits per heavy atom. The van der Waals surface area contributed by atoms with Crippen molar-refractivity contribution in [1.82, 2.24) is 9.88 Å². The molecule has 0 unspecified atom stereocenters. The second kappa shape index (κ2) is 7.74. The van der Waals surface area contributed by atoms with Crippen molar-refractivity contribution in [2.45, 2.75) is 6.54 Å². The Kier molecular flexibility index (Phi) is 5.21. The third-order valence-electron chi connectivity index (χ3n) is 4.14. The molecule has 0 saturated carbocycles. The zero-order valence-electron chi connectivity index (χ0n) is 14.6. The number of carbonyl (C=O) groups excluding carboxylic acids is 1. The molecule has 0 fully saturated rings. The van der Waals surface area contributed by atoms with Gasteiger partial charge >= 0.3 is 5.97 Å². The monoisotopic (exact) mass is 366 g/mol. The number of carboxylic acid groups (broad SMARTS) is 1. The van der Waals surface area contributed by atoms with Crippen molar-refractivity contribution in [2.24, 2.45) is 0 Å². The molecule has 1 aromatic heterocycles. The van der Waals surface area contributed by atoms with E-state index in [1.807, 2.05) is 30.3 Å². The predicted molar refractivity (Wildman–Crippen MR) is 100 cm³/mol. The van der Waals surface area contributed by atoms with Gasteiger partial charge in [0.2, 0.25) is 5.43 Å². The second-order valence-electron chi connectivity index (χ2n) is 5.94. The lowest BCUT2D eigenvalue weighted by molar-refractivity contribution is -0.135. The molecule has 0 saturated heterocycles. The highest BCUT2D eigenvalue weighted by molar-refractivity contribution is 5.98. The maximum atomic E-state index is 12.7. The summed E-state index contributed by atoms with van der Waals surface area (Å²) in [5.74, 6) is -1.16. The van der Waals surface area contributed by atoms with Crippen molar-refractivity contribution in [1.29, 1.82) is 0 Å². The molecule has 3 rings (SSSR count). The predicted octanol–water partition coefficient (Wildman–Crippen LogP) is 1.87. The van der Waals surface area contributed by atoms with Gasteiger partial charge in [-0.05, 0) is 29.8 Å². The minimum Gasteiger partial charge on any atom is -0.497 e. The average Bonchev–Trinajstić information content (AvgIpc) is 2.69. The van der Waals surface area contributed by atoms with Gasteiger partial charge in [-0.2, -0.15) is 0 Å². The van der Waals surface area contributed by atoms with Crippen molar-refractivity contribution in [3.8, 4) is 5.75 Å². The van der Waals surface area contributed by atoms with Crippen LogP contribution in [0.4, 0.5) is 0 Å². The Morgan fingerprint density at radius 2 is 1.81 bits per heavy atom. The van der Waals surface area contributed by atoms with Crippen LogP contribution in [0, 0.1) is 0 Å². The molecule has 0 aliphatic carbocycles. The van der Waals surface area contributed by atoms with Crippen LogP contribution in [0.5, 0.6) is 5.75 Å². The number of nitrogens with one attached hydrogen (secondary N) is 1. The molecule has 0 bridgehead atoms. The molecule has 2 aromatic carbocycles. The molecule has 7 nitrogen and oxygen atoms in total. The van der Waals surface area contributed by atoms with Gasteiger partial charge in [0.05, 0.1) is 12.6 Å². The highest BCUT2D eigenvalue weighted by Crippen LogP contribution is 2.16. The van der Waals surface area contributed by atoms with Gasteiger partial charge in [-0.25, -0.2) is 0 Å². The summed E-state index contributed by atoms with van der Waals surface area (Å²) in [5, 5.41) is 11.4. The number of rotatable bonds is 6. The van der Waals surface area contributed by atoms with Crippen molar-refractivity contribution in [3.63, 3.8) is 0 Å². The van der Waals surface area contributed by atoms with E-state index in [0.29, 0.717) is 17.4 Å². The summed E-state index contributed by atoms with van der Waals surface area (Å²) in [7, 11) is 1.59. The third kappa shape index (κ3) is 3.98. The molecule has 27 heavy (non-hydrogen) atoms. The third-order valence-corrected chi connectivity index (χ3v) is 4.14. The number of benzene rings is 2. The SMILES string of the molecule is COc1ccc(Cn2cc(C(=O)NCC(=O)O)c(=O)c3ccccc32)cc1. The zero-order valence-corrected chi connectivity index (χ0v) is 14.6. The van der Waals surface area contributed by atoms with E-state index >= 15 is 0 Å². The normalized spacial score (nSPS) is 10.6. The Bertz CT molecular complexity index is 1050. The van der Waals surface area contributed by atoms with Gasteiger partial charge in [0.1, 0.15) is 17.9 Å². The van der Waals surface area contributed by atoms with Gasteiger partial charge in [-0.3, -0.25) is 14.4 Å². The van der Waals surface area contributed by atoms with Crippen molar-refractivity contribution in [3.05, 3.63) is 76.1 Å². The van der Waals surface area contributed by atoms with Crippen LogP contribution < -0.4 is 15.5 Å². The fraction of sp³-hybridized carbons (Fsp3) is 0.150. The van der Waals surface area contributed by atoms with Crippen molar-refractivity contribution in [2.75, 3.05) is 13.7 Å². The number of carbonyl (C=O) groups is 2. The number of para-hydroxylation sites is 1. The molecule has 0 radical (unpaired) electrons. The number of carboxylic acids is 1. The number of nitrogens with zero attached hydrogens (tertiary/aromatic N) is 1. The zero-order chi connectivity index (χ0) is 19.4. The van der Waals surface area contributed by atoms with Crippen LogP contribution in [-0.4, -0.2) is 35.2 Å². The molecule has 0 spiro atoms. The molecule has 0 aliphatic heterocycles. The summed E-state index contributed by atoms with van der Waals surface area (Å²) in [6.07, 6.45) is 1.46.